The monoisotopic (exact) mass is 518 g/mol. The molecule has 0 radical (unpaired) electrons. The molecule has 0 aliphatic carbocycles. The molecule has 0 saturated carbocycles. The molecular weight excluding hydrogens is 488 g/mol. The highest BCUT2D eigenvalue weighted by atomic mass is 35.5. The Bertz CT molecular complexity index is 1240. The number of piperazine rings is 1. The second-order valence-corrected chi connectivity index (χ2v) is 11.6. The Morgan fingerprint density at radius 3 is 2.32 bits per heavy atom. The minimum Gasteiger partial charge on any atom is -0.354 e. The molecule has 5 rings (SSSR count). The van der Waals surface area contributed by atoms with Crippen molar-refractivity contribution in [3.05, 3.63) is 54.6 Å². The molecule has 2 aliphatic rings. The normalized spacial score (nSPS) is 18.1. The van der Waals surface area contributed by atoms with E-state index in [4.69, 9.17) is 4.98 Å². The number of anilines is 1. The highest BCUT2D eigenvalue weighted by Gasteiger charge is 2.29. The fourth-order valence-corrected chi connectivity index (χ4v) is 7.44. The van der Waals surface area contributed by atoms with Crippen LogP contribution in [0.5, 0.6) is 0 Å². The maximum absolute atomic E-state index is 13.6. The van der Waals surface area contributed by atoms with Gasteiger partial charge in [0.2, 0.25) is 10.0 Å². The van der Waals surface area contributed by atoms with E-state index in [0.717, 1.165) is 60.8 Å². The molecule has 0 spiro atoms. The largest absolute Gasteiger partial charge is 0.354 e. The number of thioether (sulfide) groups is 1. The lowest BCUT2D eigenvalue weighted by molar-refractivity contribution is 0.271. The van der Waals surface area contributed by atoms with E-state index >= 15 is 0 Å². The average Bonchev–Trinajstić information content (AvgIpc) is 2.88. The van der Waals surface area contributed by atoms with E-state index in [1.165, 1.54) is 0 Å². The van der Waals surface area contributed by atoms with Gasteiger partial charge in [-0.25, -0.2) is 13.4 Å². The van der Waals surface area contributed by atoms with E-state index in [0.29, 0.717) is 29.2 Å². The minimum atomic E-state index is -3.58. The second-order valence-electron chi connectivity index (χ2n) is 8.49. The smallest absolute Gasteiger partial charge is 0.243 e. The van der Waals surface area contributed by atoms with Crippen molar-refractivity contribution in [3.8, 4) is 11.3 Å². The first-order valence-corrected chi connectivity index (χ1v) is 14.2. The van der Waals surface area contributed by atoms with Gasteiger partial charge < -0.3 is 9.80 Å². The van der Waals surface area contributed by atoms with E-state index in [-0.39, 0.29) is 12.4 Å². The molecule has 0 amide bonds. The number of pyridine rings is 1. The van der Waals surface area contributed by atoms with Crippen LogP contribution in [0.3, 0.4) is 0 Å². The van der Waals surface area contributed by atoms with Crippen molar-refractivity contribution < 1.29 is 8.42 Å². The molecule has 34 heavy (non-hydrogen) atoms. The van der Waals surface area contributed by atoms with Crippen molar-refractivity contribution in [2.24, 2.45) is 0 Å². The summed E-state index contributed by atoms with van der Waals surface area (Å²) in [5.41, 5.74) is 1.39. The summed E-state index contributed by atoms with van der Waals surface area (Å²) < 4.78 is 28.8. The van der Waals surface area contributed by atoms with Crippen LogP contribution in [-0.4, -0.2) is 79.9 Å². The Kier molecular flexibility index (Phi) is 8.05. The maximum Gasteiger partial charge on any atom is 0.243 e. The summed E-state index contributed by atoms with van der Waals surface area (Å²) in [6, 6.07) is 17.6. The van der Waals surface area contributed by atoms with E-state index < -0.39 is 10.0 Å². The molecule has 182 valence electrons. The number of fused-ring (bicyclic) bond motifs is 1. The van der Waals surface area contributed by atoms with Crippen LogP contribution in [-0.2, 0) is 10.0 Å². The second kappa shape index (κ2) is 10.8. The molecule has 3 heterocycles. The fourth-order valence-electron chi connectivity index (χ4n) is 4.66. The molecule has 0 N–H and O–H groups in total. The summed E-state index contributed by atoms with van der Waals surface area (Å²) in [6.45, 7) is 8.21. The zero-order chi connectivity index (χ0) is 22.8. The predicted molar refractivity (Wildman–Crippen MR) is 145 cm³/mol. The van der Waals surface area contributed by atoms with E-state index in [1.54, 1.807) is 28.2 Å². The van der Waals surface area contributed by atoms with Gasteiger partial charge in [0.25, 0.3) is 0 Å². The number of hydrogen-bond acceptors (Lipinski definition) is 6. The van der Waals surface area contributed by atoms with E-state index in [9.17, 15) is 8.42 Å². The third-order valence-electron chi connectivity index (χ3n) is 6.59. The van der Waals surface area contributed by atoms with Crippen molar-refractivity contribution in [2.75, 3.05) is 62.2 Å². The lowest BCUT2D eigenvalue weighted by Gasteiger charge is -2.35. The summed E-state index contributed by atoms with van der Waals surface area (Å²) in [4.78, 5) is 10.2. The maximum atomic E-state index is 13.6. The van der Waals surface area contributed by atoms with Crippen molar-refractivity contribution in [2.45, 2.75) is 11.8 Å². The average molecular weight is 519 g/mol. The molecule has 0 unspecified atom stereocenters. The molecular formula is C25H31ClN4O2S2. The van der Waals surface area contributed by atoms with Crippen LogP contribution in [0.4, 0.5) is 5.82 Å². The first-order valence-electron chi connectivity index (χ1n) is 11.6. The summed E-state index contributed by atoms with van der Waals surface area (Å²) in [5.74, 6) is 2.62. The number of aromatic nitrogens is 1. The van der Waals surface area contributed by atoms with Crippen LogP contribution >= 0.6 is 24.2 Å². The van der Waals surface area contributed by atoms with Crippen molar-refractivity contribution in [1.82, 2.24) is 14.2 Å². The van der Waals surface area contributed by atoms with Gasteiger partial charge in [0.15, 0.2) is 0 Å². The van der Waals surface area contributed by atoms with Crippen LogP contribution < -0.4 is 4.90 Å². The Morgan fingerprint density at radius 2 is 1.59 bits per heavy atom. The van der Waals surface area contributed by atoms with Crippen LogP contribution in [0.1, 0.15) is 6.92 Å². The molecule has 0 bridgehead atoms. The van der Waals surface area contributed by atoms with Gasteiger partial charge in [-0.15, -0.1) is 12.4 Å². The molecule has 9 heteroatoms. The van der Waals surface area contributed by atoms with Gasteiger partial charge in [0.1, 0.15) is 5.82 Å². The Hall–Kier alpha value is -1.84. The third-order valence-corrected chi connectivity index (χ3v) is 9.49. The molecule has 6 nitrogen and oxygen atoms in total. The molecule has 2 fully saturated rings. The van der Waals surface area contributed by atoms with Gasteiger partial charge in [-0.2, -0.15) is 16.1 Å². The third kappa shape index (κ3) is 4.93. The lowest BCUT2D eigenvalue weighted by atomic mass is 10.1. The summed E-state index contributed by atoms with van der Waals surface area (Å²) >= 11 is 1.80. The first kappa shape index (κ1) is 25.3. The van der Waals surface area contributed by atoms with Gasteiger partial charge in [0, 0.05) is 61.7 Å². The number of sulfonamides is 1. The standard InChI is InChI=1S/C25H30N4O2S2.ClH/c1-2-27-11-13-28(14-12-27)25-21-8-4-3-7-20(21)19-23(26-25)22-9-5-6-10-24(22)33(30,31)29-15-17-32-18-16-29;/h3-10,19H,2,11-18H2,1H3;1H. The predicted octanol–water partition coefficient (Wildman–Crippen LogP) is 4.20. The van der Waals surface area contributed by atoms with Gasteiger partial charge in [0.05, 0.1) is 10.6 Å². The van der Waals surface area contributed by atoms with Crippen LogP contribution in [0.15, 0.2) is 59.5 Å². The van der Waals surface area contributed by atoms with E-state index in [1.807, 2.05) is 30.3 Å². The van der Waals surface area contributed by atoms with Crippen molar-refractivity contribution >= 4 is 50.8 Å². The number of halogens is 1. The Morgan fingerprint density at radius 1 is 0.912 bits per heavy atom. The summed E-state index contributed by atoms with van der Waals surface area (Å²) in [5, 5.41) is 2.19. The van der Waals surface area contributed by atoms with Crippen molar-refractivity contribution in [3.63, 3.8) is 0 Å². The Labute approximate surface area is 212 Å². The Balaban J connectivity index is 0.00000274. The number of likely N-dealkylation sites (N-methyl/N-ethyl adjacent to an activating group) is 1. The topological polar surface area (TPSA) is 56.8 Å². The van der Waals surface area contributed by atoms with Gasteiger partial charge >= 0.3 is 0 Å². The molecule has 0 atom stereocenters. The fraction of sp³-hybridized carbons (Fsp3) is 0.400. The molecule has 1 aromatic heterocycles. The first-order chi connectivity index (χ1) is 16.1. The summed E-state index contributed by atoms with van der Waals surface area (Å²) in [7, 11) is -3.58. The van der Waals surface area contributed by atoms with E-state index in [2.05, 4.69) is 28.9 Å². The van der Waals surface area contributed by atoms with Crippen LogP contribution in [0.2, 0.25) is 0 Å². The van der Waals surface area contributed by atoms with Crippen LogP contribution in [0.25, 0.3) is 22.0 Å². The van der Waals surface area contributed by atoms with Crippen LogP contribution in [0, 0.1) is 0 Å². The highest BCUT2D eigenvalue weighted by Crippen LogP contribution is 2.34. The number of nitrogens with zero attached hydrogens (tertiary/aromatic N) is 4. The van der Waals surface area contributed by atoms with Gasteiger partial charge in [-0.1, -0.05) is 49.4 Å². The molecule has 2 aromatic carbocycles. The van der Waals surface area contributed by atoms with Gasteiger partial charge in [-0.05, 0) is 24.1 Å². The number of rotatable bonds is 5. The highest BCUT2D eigenvalue weighted by molar-refractivity contribution is 7.99. The summed E-state index contributed by atoms with van der Waals surface area (Å²) in [6.07, 6.45) is 0. The molecule has 2 saturated heterocycles. The number of hydrogen-bond donors (Lipinski definition) is 0. The molecule has 2 aliphatic heterocycles. The minimum absolute atomic E-state index is 0. The SMILES string of the molecule is CCN1CCN(c2nc(-c3ccccc3S(=O)(=O)N3CCSCC3)cc3ccccc23)CC1.Cl. The number of benzene rings is 2. The molecule has 3 aromatic rings. The quantitative estimate of drug-likeness (QED) is 0.504. The van der Waals surface area contributed by atoms with Gasteiger partial charge in [-0.3, -0.25) is 0 Å². The zero-order valence-electron chi connectivity index (χ0n) is 19.4. The lowest BCUT2D eigenvalue weighted by Crippen LogP contribution is -2.46. The zero-order valence-corrected chi connectivity index (χ0v) is 21.8. The van der Waals surface area contributed by atoms with Crippen molar-refractivity contribution in [1.29, 1.82) is 0 Å².